The van der Waals surface area contributed by atoms with Gasteiger partial charge in [-0.25, -0.2) is 0 Å². The second kappa shape index (κ2) is 4.86. The first-order valence-corrected chi connectivity index (χ1v) is 6.81. The molecule has 88 valence electrons. The lowest BCUT2D eigenvalue weighted by molar-refractivity contribution is 0.00443. The van der Waals surface area contributed by atoms with Crippen LogP contribution >= 0.6 is 0 Å². The van der Waals surface area contributed by atoms with E-state index in [1.54, 1.807) is 0 Å². The quantitative estimate of drug-likeness (QED) is 0.665. The lowest BCUT2D eigenvalue weighted by Gasteiger charge is -2.44. The van der Waals surface area contributed by atoms with Crippen LogP contribution in [0.2, 0.25) is 0 Å². The van der Waals surface area contributed by atoms with Gasteiger partial charge in [-0.05, 0) is 62.7 Å². The third-order valence-corrected chi connectivity index (χ3v) is 5.07. The number of ether oxygens (including phenoxy) is 1. The summed E-state index contributed by atoms with van der Waals surface area (Å²) < 4.78 is 5.47. The molecule has 0 unspecified atom stereocenters. The lowest BCUT2D eigenvalue weighted by atomic mass is 9.62. The van der Waals surface area contributed by atoms with Crippen LogP contribution in [0.4, 0.5) is 0 Å². The summed E-state index contributed by atoms with van der Waals surface area (Å²) >= 11 is 0. The molecule has 2 rings (SSSR count). The minimum Gasteiger partial charge on any atom is -0.381 e. The van der Waals surface area contributed by atoms with E-state index in [0.717, 1.165) is 11.3 Å². The zero-order chi connectivity index (χ0) is 10.7. The van der Waals surface area contributed by atoms with E-state index in [1.165, 1.54) is 57.8 Å². The Morgan fingerprint density at radius 2 is 1.53 bits per heavy atom. The molecule has 0 heterocycles. The maximum Gasteiger partial charge on any atom is 0.0571 e. The minimum absolute atomic E-state index is 0.569. The van der Waals surface area contributed by atoms with Gasteiger partial charge in [0.05, 0.1) is 6.10 Å². The van der Waals surface area contributed by atoms with Crippen LogP contribution < -0.4 is 0 Å². The molecule has 0 aliphatic heterocycles. The molecule has 2 fully saturated rings. The second-order valence-corrected chi connectivity index (χ2v) is 5.79. The molecule has 2 saturated carbocycles. The summed E-state index contributed by atoms with van der Waals surface area (Å²) in [5, 5.41) is 0. The zero-order valence-corrected chi connectivity index (χ0v) is 10.4. The number of hydrogen-bond donors (Lipinski definition) is 0. The van der Waals surface area contributed by atoms with Crippen LogP contribution in [0.25, 0.3) is 0 Å². The zero-order valence-electron chi connectivity index (χ0n) is 10.4. The average molecular weight is 210 g/mol. The fraction of sp³-hybridized carbons (Fsp3) is 1.00. The van der Waals surface area contributed by atoms with Crippen LogP contribution in [-0.2, 0) is 4.74 Å². The lowest BCUT2D eigenvalue weighted by Crippen LogP contribution is -2.34. The third kappa shape index (κ3) is 2.55. The molecule has 0 N–H and O–H groups in total. The smallest absolute Gasteiger partial charge is 0.0571 e. The van der Waals surface area contributed by atoms with Gasteiger partial charge in [-0.3, -0.25) is 0 Å². The van der Waals surface area contributed by atoms with E-state index in [-0.39, 0.29) is 0 Å². The van der Waals surface area contributed by atoms with Gasteiger partial charge in [0, 0.05) is 7.11 Å². The molecule has 2 aliphatic rings. The summed E-state index contributed by atoms with van der Waals surface area (Å²) in [4.78, 5) is 0. The SMILES string of the molecule is CCC1CCC2(CC1)CCC(OC)CC2. The van der Waals surface area contributed by atoms with Gasteiger partial charge < -0.3 is 4.74 Å². The fourth-order valence-electron chi connectivity index (χ4n) is 3.64. The van der Waals surface area contributed by atoms with Crippen molar-refractivity contribution in [3.63, 3.8) is 0 Å². The Morgan fingerprint density at radius 3 is 2.00 bits per heavy atom. The molecule has 0 aromatic heterocycles. The normalized spacial score (nSPS) is 42.0. The summed E-state index contributed by atoms with van der Waals surface area (Å²) in [7, 11) is 1.87. The molecular formula is C14H26O. The van der Waals surface area contributed by atoms with Crippen molar-refractivity contribution in [2.45, 2.75) is 70.8 Å². The Balaban J connectivity index is 1.83. The number of methoxy groups -OCH3 is 1. The summed E-state index contributed by atoms with van der Waals surface area (Å²) in [5.41, 5.74) is 0.737. The standard InChI is InChI=1S/C14H26O/c1-3-12-4-8-14(9-5-12)10-6-13(15-2)7-11-14/h12-13H,3-11H2,1-2H3. The van der Waals surface area contributed by atoms with Crippen molar-refractivity contribution < 1.29 is 4.74 Å². The minimum atomic E-state index is 0.569. The maximum absolute atomic E-state index is 5.47. The van der Waals surface area contributed by atoms with Crippen molar-refractivity contribution in [3.8, 4) is 0 Å². The van der Waals surface area contributed by atoms with Crippen molar-refractivity contribution in [1.29, 1.82) is 0 Å². The number of hydrogen-bond acceptors (Lipinski definition) is 1. The molecular weight excluding hydrogens is 184 g/mol. The van der Waals surface area contributed by atoms with Gasteiger partial charge in [0.2, 0.25) is 0 Å². The van der Waals surface area contributed by atoms with E-state index in [2.05, 4.69) is 6.92 Å². The van der Waals surface area contributed by atoms with Crippen LogP contribution in [-0.4, -0.2) is 13.2 Å². The number of rotatable bonds is 2. The molecule has 0 aromatic carbocycles. The van der Waals surface area contributed by atoms with Crippen LogP contribution in [0.5, 0.6) is 0 Å². The highest BCUT2D eigenvalue weighted by Gasteiger charge is 2.37. The van der Waals surface area contributed by atoms with E-state index < -0.39 is 0 Å². The monoisotopic (exact) mass is 210 g/mol. The summed E-state index contributed by atoms with van der Waals surface area (Å²) in [6.45, 7) is 2.35. The van der Waals surface area contributed by atoms with E-state index in [0.29, 0.717) is 6.10 Å². The molecule has 1 nitrogen and oxygen atoms in total. The van der Waals surface area contributed by atoms with Gasteiger partial charge >= 0.3 is 0 Å². The van der Waals surface area contributed by atoms with Gasteiger partial charge in [-0.1, -0.05) is 13.3 Å². The molecule has 0 radical (unpaired) electrons. The van der Waals surface area contributed by atoms with Gasteiger partial charge in [0.25, 0.3) is 0 Å². The predicted octanol–water partition coefficient (Wildman–Crippen LogP) is 4.16. The molecule has 2 aliphatic carbocycles. The Kier molecular flexibility index (Phi) is 3.71. The van der Waals surface area contributed by atoms with Crippen LogP contribution in [0.3, 0.4) is 0 Å². The van der Waals surface area contributed by atoms with E-state index in [1.807, 2.05) is 7.11 Å². The third-order valence-electron chi connectivity index (χ3n) is 5.07. The molecule has 1 spiro atoms. The highest BCUT2D eigenvalue weighted by Crippen LogP contribution is 2.49. The molecule has 15 heavy (non-hydrogen) atoms. The van der Waals surface area contributed by atoms with Crippen molar-refractivity contribution in [2.75, 3.05) is 7.11 Å². The van der Waals surface area contributed by atoms with Crippen molar-refractivity contribution in [3.05, 3.63) is 0 Å². The Hall–Kier alpha value is -0.0400. The summed E-state index contributed by atoms with van der Waals surface area (Å²) in [5.74, 6) is 1.04. The summed E-state index contributed by atoms with van der Waals surface area (Å²) in [6.07, 6.45) is 13.5. The molecule has 1 heteroatoms. The van der Waals surface area contributed by atoms with Crippen molar-refractivity contribution in [1.82, 2.24) is 0 Å². The van der Waals surface area contributed by atoms with E-state index in [9.17, 15) is 0 Å². The highest BCUT2D eigenvalue weighted by atomic mass is 16.5. The van der Waals surface area contributed by atoms with Crippen LogP contribution in [0.15, 0.2) is 0 Å². The predicted molar refractivity (Wildman–Crippen MR) is 63.9 cm³/mol. The second-order valence-electron chi connectivity index (χ2n) is 5.79. The Morgan fingerprint density at radius 1 is 1.00 bits per heavy atom. The Bertz CT molecular complexity index is 158. The van der Waals surface area contributed by atoms with E-state index >= 15 is 0 Å². The first-order chi connectivity index (χ1) is 7.28. The molecule has 0 amide bonds. The first kappa shape index (κ1) is 11.4. The average Bonchev–Trinajstić information content (AvgIpc) is 2.31. The van der Waals surface area contributed by atoms with Crippen molar-refractivity contribution in [2.24, 2.45) is 11.3 Å². The molecule has 0 bridgehead atoms. The summed E-state index contributed by atoms with van der Waals surface area (Å²) in [6, 6.07) is 0. The largest absolute Gasteiger partial charge is 0.381 e. The van der Waals surface area contributed by atoms with Crippen LogP contribution in [0.1, 0.15) is 64.7 Å². The van der Waals surface area contributed by atoms with Gasteiger partial charge in [-0.15, -0.1) is 0 Å². The fourth-order valence-corrected chi connectivity index (χ4v) is 3.64. The van der Waals surface area contributed by atoms with Gasteiger partial charge in [0.15, 0.2) is 0 Å². The van der Waals surface area contributed by atoms with Crippen molar-refractivity contribution >= 4 is 0 Å². The van der Waals surface area contributed by atoms with Gasteiger partial charge in [0.1, 0.15) is 0 Å². The van der Waals surface area contributed by atoms with Crippen LogP contribution in [0, 0.1) is 11.3 Å². The highest BCUT2D eigenvalue weighted by molar-refractivity contribution is 4.89. The molecule has 0 atom stereocenters. The topological polar surface area (TPSA) is 9.23 Å². The van der Waals surface area contributed by atoms with Gasteiger partial charge in [-0.2, -0.15) is 0 Å². The molecule has 0 aromatic rings. The van der Waals surface area contributed by atoms with E-state index in [4.69, 9.17) is 4.74 Å². The maximum atomic E-state index is 5.47. The Labute approximate surface area is 94.6 Å². The first-order valence-electron chi connectivity index (χ1n) is 6.81. The molecule has 0 saturated heterocycles.